The number of fused-ring (bicyclic) bond motifs is 1. The van der Waals surface area contributed by atoms with Crippen molar-refractivity contribution >= 4 is 0 Å². The van der Waals surface area contributed by atoms with Gasteiger partial charge in [0, 0.05) is 31.7 Å². The molecule has 1 heterocycles. The first-order valence-corrected chi connectivity index (χ1v) is 6.85. The summed E-state index contributed by atoms with van der Waals surface area (Å²) in [6.45, 7) is 2.82. The lowest BCUT2D eigenvalue weighted by Crippen LogP contribution is -2.19. The fourth-order valence-electron chi connectivity index (χ4n) is 2.42. The topological polar surface area (TPSA) is 39.7 Å². The van der Waals surface area contributed by atoms with Gasteiger partial charge in [-0.2, -0.15) is 0 Å². The van der Waals surface area contributed by atoms with E-state index in [0.717, 1.165) is 31.8 Å². The van der Waals surface area contributed by atoms with Crippen LogP contribution in [0.1, 0.15) is 23.6 Å². The predicted molar refractivity (Wildman–Crippen MR) is 74.8 cm³/mol. The fourth-order valence-corrected chi connectivity index (χ4v) is 2.42. The number of rotatable bonds is 8. The van der Waals surface area contributed by atoms with Crippen LogP contribution in [0.5, 0.6) is 5.75 Å². The van der Waals surface area contributed by atoms with Gasteiger partial charge >= 0.3 is 0 Å². The van der Waals surface area contributed by atoms with Gasteiger partial charge in [-0.15, -0.1) is 0 Å². The van der Waals surface area contributed by atoms with E-state index in [4.69, 9.17) is 14.2 Å². The average molecular weight is 265 g/mol. The summed E-state index contributed by atoms with van der Waals surface area (Å²) in [5.74, 6) is 1.07. The highest BCUT2D eigenvalue weighted by Crippen LogP contribution is 2.34. The Morgan fingerprint density at radius 1 is 1.32 bits per heavy atom. The highest BCUT2D eigenvalue weighted by atomic mass is 16.5. The Bertz CT molecular complexity index is 395. The Labute approximate surface area is 115 Å². The van der Waals surface area contributed by atoms with E-state index in [1.54, 1.807) is 7.11 Å². The van der Waals surface area contributed by atoms with Crippen LogP contribution >= 0.6 is 0 Å². The van der Waals surface area contributed by atoms with Crippen LogP contribution in [0.3, 0.4) is 0 Å². The molecule has 0 radical (unpaired) electrons. The molecule has 0 aromatic heterocycles. The van der Waals surface area contributed by atoms with E-state index < -0.39 is 0 Å². The third-order valence-corrected chi connectivity index (χ3v) is 3.45. The van der Waals surface area contributed by atoms with Gasteiger partial charge in [-0.25, -0.2) is 0 Å². The van der Waals surface area contributed by atoms with E-state index in [2.05, 4.69) is 23.5 Å². The molecule has 1 N–H and O–H groups in total. The number of hydrogen-bond donors (Lipinski definition) is 1. The minimum atomic E-state index is 0.274. The molecule has 4 heteroatoms. The van der Waals surface area contributed by atoms with Crippen molar-refractivity contribution in [3.63, 3.8) is 0 Å². The second kappa shape index (κ2) is 7.48. The van der Waals surface area contributed by atoms with Crippen molar-refractivity contribution in [1.29, 1.82) is 0 Å². The molecule has 106 valence electrons. The van der Waals surface area contributed by atoms with Crippen molar-refractivity contribution in [2.24, 2.45) is 0 Å². The van der Waals surface area contributed by atoms with Gasteiger partial charge in [0.15, 0.2) is 0 Å². The fraction of sp³-hybridized carbons (Fsp3) is 0.600. The lowest BCUT2D eigenvalue weighted by Gasteiger charge is -2.19. The van der Waals surface area contributed by atoms with Crippen LogP contribution in [0.25, 0.3) is 0 Å². The highest BCUT2D eigenvalue weighted by molar-refractivity contribution is 5.45. The summed E-state index contributed by atoms with van der Waals surface area (Å²) >= 11 is 0. The zero-order chi connectivity index (χ0) is 13.5. The van der Waals surface area contributed by atoms with Crippen LogP contribution in [0.2, 0.25) is 0 Å². The summed E-state index contributed by atoms with van der Waals surface area (Å²) in [5.41, 5.74) is 2.56. The summed E-state index contributed by atoms with van der Waals surface area (Å²) in [7, 11) is 3.67. The van der Waals surface area contributed by atoms with Crippen molar-refractivity contribution in [3.05, 3.63) is 29.3 Å². The van der Waals surface area contributed by atoms with Gasteiger partial charge < -0.3 is 19.5 Å². The van der Waals surface area contributed by atoms with Crippen LogP contribution in [0.4, 0.5) is 0 Å². The molecule has 0 fully saturated rings. The van der Waals surface area contributed by atoms with Crippen LogP contribution in [0.15, 0.2) is 18.2 Å². The zero-order valence-electron chi connectivity index (χ0n) is 11.8. The molecule has 0 bridgehead atoms. The first-order chi connectivity index (χ1) is 9.36. The molecule has 1 aromatic rings. The average Bonchev–Trinajstić information content (AvgIpc) is 2.91. The SMILES string of the molecule is CNC(CCOCCOC)c1cccc2c1OCC2. The van der Waals surface area contributed by atoms with Crippen molar-refractivity contribution in [1.82, 2.24) is 5.32 Å². The largest absolute Gasteiger partial charge is 0.493 e. The predicted octanol–water partition coefficient (Wildman–Crippen LogP) is 1.94. The van der Waals surface area contributed by atoms with Crippen LogP contribution in [-0.2, 0) is 15.9 Å². The molecular weight excluding hydrogens is 242 g/mol. The quantitative estimate of drug-likeness (QED) is 0.729. The Morgan fingerprint density at radius 2 is 2.21 bits per heavy atom. The van der Waals surface area contributed by atoms with E-state index in [1.807, 2.05) is 7.05 Å². The number of hydrogen-bond acceptors (Lipinski definition) is 4. The summed E-state index contributed by atoms with van der Waals surface area (Å²) in [6.07, 6.45) is 1.95. The lowest BCUT2D eigenvalue weighted by molar-refractivity contribution is 0.0660. The van der Waals surface area contributed by atoms with Crippen molar-refractivity contribution < 1.29 is 14.2 Å². The monoisotopic (exact) mass is 265 g/mol. The van der Waals surface area contributed by atoms with Gasteiger partial charge in [-0.05, 0) is 19.0 Å². The number of methoxy groups -OCH3 is 1. The molecule has 1 aromatic carbocycles. The normalized spacial score (nSPS) is 15.1. The number of ether oxygens (including phenoxy) is 3. The van der Waals surface area contributed by atoms with E-state index in [1.165, 1.54) is 11.1 Å². The molecule has 1 atom stereocenters. The number of nitrogens with one attached hydrogen (secondary N) is 1. The van der Waals surface area contributed by atoms with Gasteiger partial charge in [0.25, 0.3) is 0 Å². The Hall–Kier alpha value is -1.10. The molecule has 0 amide bonds. The smallest absolute Gasteiger partial charge is 0.127 e. The van der Waals surface area contributed by atoms with Gasteiger partial charge in [-0.1, -0.05) is 18.2 Å². The molecule has 19 heavy (non-hydrogen) atoms. The maximum absolute atomic E-state index is 5.76. The lowest BCUT2D eigenvalue weighted by atomic mass is 10.00. The summed E-state index contributed by atoms with van der Waals surface area (Å²) in [4.78, 5) is 0. The summed E-state index contributed by atoms with van der Waals surface area (Å²) in [5, 5.41) is 3.35. The van der Waals surface area contributed by atoms with Crippen LogP contribution in [-0.4, -0.2) is 40.6 Å². The minimum absolute atomic E-state index is 0.274. The minimum Gasteiger partial charge on any atom is -0.493 e. The van der Waals surface area contributed by atoms with E-state index in [-0.39, 0.29) is 6.04 Å². The molecule has 0 saturated heterocycles. The molecule has 1 aliphatic heterocycles. The van der Waals surface area contributed by atoms with Crippen molar-refractivity contribution in [3.8, 4) is 5.75 Å². The van der Waals surface area contributed by atoms with Gasteiger partial charge in [0.1, 0.15) is 5.75 Å². The van der Waals surface area contributed by atoms with Gasteiger partial charge in [0.05, 0.1) is 19.8 Å². The molecule has 1 unspecified atom stereocenters. The third-order valence-electron chi connectivity index (χ3n) is 3.45. The molecule has 0 aliphatic carbocycles. The van der Waals surface area contributed by atoms with Crippen LogP contribution in [0, 0.1) is 0 Å². The van der Waals surface area contributed by atoms with E-state index >= 15 is 0 Å². The Morgan fingerprint density at radius 3 is 3.00 bits per heavy atom. The second-order valence-corrected chi connectivity index (χ2v) is 4.67. The molecule has 0 saturated carbocycles. The van der Waals surface area contributed by atoms with Crippen molar-refractivity contribution in [2.75, 3.05) is 40.6 Å². The van der Waals surface area contributed by atoms with Crippen LogP contribution < -0.4 is 10.1 Å². The molecule has 2 rings (SSSR count). The first-order valence-electron chi connectivity index (χ1n) is 6.85. The van der Waals surface area contributed by atoms with Gasteiger partial charge in [-0.3, -0.25) is 0 Å². The summed E-state index contributed by atoms with van der Waals surface area (Å²) in [6, 6.07) is 6.67. The maximum Gasteiger partial charge on any atom is 0.127 e. The molecule has 4 nitrogen and oxygen atoms in total. The highest BCUT2D eigenvalue weighted by Gasteiger charge is 2.20. The third kappa shape index (κ3) is 3.69. The molecule has 0 spiro atoms. The molecule has 1 aliphatic rings. The Kier molecular flexibility index (Phi) is 5.63. The first kappa shape index (κ1) is 14.3. The molecular formula is C15H23NO3. The maximum atomic E-state index is 5.76. The standard InChI is InChI=1S/C15H23NO3/c1-16-14(7-8-18-11-10-17-2)13-5-3-4-12-6-9-19-15(12)13/h3-5,14,16H,6-11H2,1-2H3. The van der Waals surface area contributed by atoms with E-state index in [0.29, 0.717) is 13.2 Å². The number of benzene rings is 1. The Balaban J connectivity index is 1.92. The van der Waals surface area contributed by atoms with E-state index in [9.17, 15) is 0 Å². The number of para-hydroxylation sites is 1. The zero-order valence-corrected chi connectivity index (χ0v) is 11.8. The second-order valence-electron chi connectivity index (χ2n) is 4.67. The van der Waals surface area contributed by atoms with Crippen molar-refractivity contribution in [2.45, 2.75) is 18.9 Å². The summed E-state index contributed by atoms with van der Waals surface area (Å²) < 4.78 is 16.3. The van der Waals surface area contributed by atoms with Gasteiger partial charge in [0.2, 0.25) is 0 Å².